The van der Waals surface area contributed by atoms with Gasteiger partial charge in [-0.25, -0.2) is 4.79 Å². The zero-order chi connectivity index (χ0) is 24.4. The minimum absolute atomic E-state index is 0. The Morgan fingerprint density at radius 1 is 1.30 bits per heavy atom. The molecule has 0 spiro atoms. The third-order valence-corrected chi connectivity index (χ3v) is 4.90. The van der Waals surface area contributed by atoms with E-state index in [2.05, 4.69) is 10.3 Å². The molecule has 0 aromatic rings. The Balaban J connectivity index is 0. The number of ether oxygens (including phenoxy) is 2. The fourth-order valence-electron chi connectivity index (χ4n) is 2.49. The molecule has 184 valence electrons. The molecule has 1 N–H and O–H groups in total. The molecule has 1 aliphatic heterocycles. The van der Waals surface area contributed by atoms with Crippen molar-refractivity contribution in [2.24, 2.45) is 4.99 Å². The third kappa shape index (κ3) is 13.4. The van der Waals surface area contributed by atoms with Crippen molar-refractivity contribution >= 4 is 35.4 Å². The van der Waals surface area contributed by atoms with Crippen LogP contribution in [0.4, 0.5) is 0 Å². The van der Waals surface area contributed by atoms with Gasteiger partial charge in [-0.05, 0) is 25.8 Å². The number of carbonyl (C=O) groups excluding carboxylic acids is 3. The quantitative estimate of drug-likeness (QED) is 0.258. The molecule has 8 nitrogen and oxygen atoms in total. The Morgan fingerprint density at radius 3 is 2.58 bits per heavy atom. The van der Waals surface area contributed by atoms with Crippen molar-refractivity contribution in [1.82, 2.24) is 5.32 Å². The Labute approximate surface area is 202 Å². The van der Waals surface area contributed by atoms with Crippen LogP contribution in [0.2, 0.25) is 0 Å². The van der Waals surface area contributed by atoms with Gasteiger partial charge in [0.25, 0.3) is 0 Å². The van der Waals surface area contributed by atoms with Crippen molar-refractivity contribution in [3.05, 3.63) is 36.0 Å². The first-order valence-electron chi connectivity index (χ1n) is 10.8. The van der Waals surface area contributed by atoms with Gasteiger partial charge in [0, 0.05) is 5.75 Å². The number of carbonyl (C=O) groups is 3. The summed E-state index contributed by atoms with van der Waals surface area (Å²) in [6.07, 6.45) is 10.0. The highest BCUT2D eigenvalue weighted by Gasteiger charge is 2.29. The standard InChI is InChI=1S/C19H21N3O5S.2C2H6.CH4/c1-2-6-15(22-17(24)10-20)21-16(23)9-14-12-28-18(27-14)11-26-19(25)13-7-4-3-5-8-13;2*1-2;/h2,4,6-8,14,18H,3,5,9,11-12H2,1H3,(H,21,22,23,24);2*1-2H3;1H4/b6-2-;;;. The van der Waals surface area contributed by atoms with E-state index in [4.69, 9.17) is 14.7 Å². The van der Waals surface area contributed by atoms with E-state index >= 15 is 0 Å². The van der Waals surface area contributed by atoms with Gasteiger partial charge in [-0.15, -0.1) is 11.8 Å². The van der Waals surface area contributed by atoms with E-state index in [1.165, 1.54) is 23.9 Å². The van der Waals surface area contributed by atoms with Gasteiger partial charge in [-0.1, -0.05) is 59.4 Å². The number of esters is 1. The minimum atomic E-state index is -0.995. The molecule has 0 saturated carbocycles. The average Bonchev–Trinajstić information content (AvgIpc) is 3.27. The van der Waals surface area contributed by atoms with Crippen molar-refractivity contribution < 1.29 is 23.9 Å². The lowest BCUT2D eigenvalue weighted by atomic mass is 10.1. The molecule has 0 radical (unpaired) electrons. The van der Waals surface area contributed by atoms with Crippen molar-refractivity contribution in [1.29, 1.82) is 5.26 Å². The fourth-order valence-corrected chi connectivity index (χ4v) is 3.52. The molecule has 2 aliphatic rings. The van der Waals surface area contributed by atoms with Crippen LogP contribution < -0.4 is 5.32 Å². The lowest BCUT2D eigenvalue weighted by molar-refractivity contribution is -0.141. The summed E-state index contributed by atoms with van der Waals surface area (Å²) in [6, 6.07) is 1.36. The molecule has 1 saturated heterocycles. The average molecular weight is 480 g/mol. The van der Waals surface area contributed by atoms with E-state index in [1.807, 2.05) is 39.8 Å². The first kappa shape index (κ1) is 32.5. The molecule has 2 atom stereocenters. The summed E-state index contributed by atoms with van der Waals surface area (Å²) in [5, 5.41) is 11.0. The highest BCUT2D eigenvalue weighted by molar-refractivity contribution is 8.00. The van der Waals surface area contributed by atoms with Gasteiger partial charge in [-0.2, -0.15) is 10.3 Å². The van der Waals surface area contributed by atoms with Crippen LogP contribution in [0, 0.1) is 11.3 Å². The SMILES string of the molecule is C.C/C=C\C(=NC(=O)C#N)NC(=O)CC1CSC(COC(=O)C2=CCCC=C2)O1.CC.CC. The zero-order valence-corrected chi connectivity index (χ0v) is 20.2. The third-order valence-electron chi connectivity index (χ3n) is 3.72. The number of aliphatic imine (C=N–C) groups is 1. The Hall–Kier alpha value is -2.70. The molecule has 1 fully saturated rings. The summed E-state index contributed by atoms with van der Waals surface area (Å²) in [7, 11) is 0. The summed E-state index contributed by atoms with van der Waals surface area (Å²) in [5.41, 5.74) is 0.214. The van der Waals surface area contributed by atoms with Gasteiger partial charge in [0.1, 0.15) is 17.9 Å². The molecule has 9 heteroatoms. The molecule has 0 aromatic carbocycles. The molecule has 2 amide bonds. The minimum Gasteiger partial charge on any atom is -0.458 e. The highest BCUT2D eigenvalue weighted by atomic mass is 32.2. The highest BCUT2D eigenvalue weighted by Crippen LogP contribution is 2.27. The number of nitriles is 1. The first-order valence-corrected chi connectivity index (χ1v) is 11.8. The number of amides is 2. The molecule has 1 heterocycles. The van der Waals surface area contributed by atoms with Gasteiger partial charge in [0.05, 0.1) is 18.1 Å². The van der Waals surface area contributed by atoms with Crippen LogP contribution in [-0.4, -0.2) is 47.5 Å². The monoisotopic (exact) mass is 479 g/mol. The van der Waals surface area contributed by atoms with Crippen LogP contribution in [0.15, 0.2) is 40.9 Å². The van der Waals surface area contributed by atoms with Crippen molar-refractivity contribution in [2.75, 3.05) is 12.4 Å². The number of hydrogen-bond acceptors (Lipinski definition) is 7. The number of nitrogens with one attached hydrogen (secondary N) is 1. The molecule has 2 rings (SSSR count). The maximum absolute atomic E-state index is 12.1. The predicted molar refractivity (Wildman–Crippen MR) is 134 cm³/mol. The van der Waals surface area contributed by atoms with Gasteiger partial charge < -0.3 is 14.8 Å². The molecule has 0 aromatic heterocycles. The first-order chi connectivity index (χ1) is 15.5. The maximum atomic E-state index is 12.1. The maximum Gasteiger partial charge on any atom is 0.350 e. The number of amidine groups is 1. The molecule has 0 bridgehead atoms. The number of allylic oxidation sites excluding steroid dienone is 3. The Bertz CT molecular complexity index is 781. The smallest absolute Gasteiger partial charge is 0.350 e. The Kier molecular flexibility index (Phi) is 19.6. The second kappa shape index (κ2) is 19.9. The van der Waals surface area contributed by atoms with Gasteiger partial charge in [-0.3, -0.25) is 9.59 Å². The van der Waals surface area contributed by atoms with E-state index in [1.54, 1.807) is 19.1 Å². The lowest BCUT2D eigenvalue weighted by Gasteiger charge is -2.14. The molecular formula is C24H37N3O5S. The second-order valence-electron chi connectivity index (χ2n) is 5.92. The van der Waals surface area contributed by atoms with Crippen LogP contribution in [0.25, 0.3) is 0 Å². The molecule has 2 unspecified atom stereocenters. The molecule has 1 aliphatic carbocycles. The van der Waals surface area contributed by atoms with E-state index in [9.17, 15) is 14.4 Å². The Morgan fingerprint density at radius 2 is 2.00 bits per heavy atom. The van der Waals surface area contributed by atoms with Crippen LogP contribution >= 0.6 is 11.8 Å². The van der Waals surface area contributed by atoms with Gasteiger partial charge >= 0.3 is 11.9 Å². The summed E-state index contributed by atoms with van der Waals surface area (Å²) >= 11 is 1.47. The summed E-state index contributed by atoms with van der Waals surface area (Å²) in [5.74, 6) is -1.18. The largest absolute Gasteiger partial charge is 0.458 e. The van der Waals surface area contributed by atoms with Crippen LogP contribution in [0.5, 0.6) is 0 Å². The van der Waals surface area contributed by atoms with Crippen molar-refractivity contribution in [3.8, 4) is 6.07 Å². The topological polar surface area (TPSA) is 118 Å². The number of hydrogen-bond donors (Lipinski definition) is 1. The van der Waals surface area contributed by atoms with Crippen LogP contribution in [-0.2, 0) is 23.9 Å². The predicted octanol–water partition coefficient (Wildman–Crippen LogP) is 4.48. The number of thioether (sulfide) groups is 1. The lowest BCUT2D eigenvalue weighted by Crippen LogP contribution is -2.33. The summed E-state index contributed by atoms with van der Waals surface area (Å²) < 4.78 is 11.0. The molecular weight excluding hydrogens is 442 g/mol. The van der Waals surface area contributed by atoms with E-state index in [-0.39, 0.29) is 49.7 Å². The van der Waals surface area contributed by atoms with Gasteiger partial charge in [0.2, 0.25) is 5.91 Å². The van der Waals surface area contributed by atoms with Crippen LogP contribution in [0.1, 0.15) is 61.3 Å². The second-order valence-corrected chi connectivity index (χ2v) is 7.12. The summed E-state index contributed by atoms with van der Waals surface area (Å²) in [4.78, 5) is 38.7. The summed E-state index contributed by atoms with van der Waals surface area (Å²) in [6.45, 7) is 9.80. The molecule has 33 heavy (non-hydrogen) atoms. The van der Waals surface area contributed by atoms with Gasteiger partial charge in [0.15, 0.2) is 6.07 Å². The number of rotatable bonds is 6. The van der Waals surface area contributed by atoms with E-state index in [0.717, 1.165) is 12.8 Å². The van der Waals surface area contributed by atoms with Crippen LogP contribution in [0.3, 0.4) is 0 Å². The number of nitrogens with zero attached hydrogens (tertiary/aromatic N) is 2. The zero-order valence-electron chi connectivity index (χ0n) is 19.4. The van der Waals surface area contributed by atoms with E-state index in [0.29, 0.717) is 11.3 Å². The fraction of sp³-hybridized carbons (Fsp3) is 0.542. The van der Waals surface area contributed by atoms with Crippen molar-refractivity contribution in [3.63, 3.8) is 0 Å². The van der Waals surface area contributed by atoms with Crippen molar-refractivity contribution in [2.45, 2.75) is 72.8 Å². The normalized spacial score (nSPS) is 18.9. The van der Waals surface area contributed by atoms with E-state index < -0.39 is 5.91 Å².